The maximum atomic E-state index is 9.53. The predicted octanol–water partition coefficient (Wildman–Crippen LogP) is 2.69. The Bertz CT molecular complexity index is 425. The van der Waals surface area contributed by atoms with Crippen molar-refractivity contribution in [2.45, 2.75) is 50.2 Å². The van der Waals surface area contributed by atoms with Gasteiger partial charge in [-0.3, -0.25) is 0 Å². The molecule has 0 heterocycles. The Hall–Kier alpha value is -1.06. The van der Waals surface area contributed by atoms with Crippen LogP contribution in [0.15, 0.2) is 24.3 Å². The van der Waals surface area contributed by atoms with Crippen LogP contribution >= 0.6 is 0 Å². The lowest BCUT2D eigenvalue weighted by molar-refractivity contribution is 0.175. The Kier molecular flexibility index (Phi) is 4.27. The first kappa shape index (κ1) is 13.9. The molecule has 20 heavy (non-hydrogen) atoms. The van der Waals surface area contributed by atoms with Crippen LogP contribution in [0.25, 0.3) is 0 Å². The third-order valence-electron chi connectivity index (χ3n) is 4.93. The third kappa shape index (κ3) is 3.15. The minimum absolute atomic E-state index is 0.0461. The van der Waals surface area contributed by atoms with Crippen LogP contribution in [0.4, 0.5) is 0 Å². The van der Waals surface area contributed by atoms with Gasteiger partial charge in [0.25, 0.3) is 0 Å². The molecule has 0 saturated heterocycles. The lowest BCUT2D eigenvalue weighted by Crippen LogP contribution is -2.42. The monoisotopic (exact) mass is 275 g/mol. The zero-order chi connectivity index (χ0) is 13.9. The van der Waals surface area contributed by atoms with Gasteiger partial charge < -0.3 is 15.2 Å². The SMILES string of the molecule is COc1ccc(C2CC(NCC3CCC(O)C3)C2)cc1. The summed E-state index contributed by atoms with van der Waals surface area (Å²) in [4.78, 5) is 0. The maximum Gasteiger partial charge on any atom is 0.118 e. The van der Waals surface area contributed by atoms with E-state index in [1.54, 1.807) is 7.11 Å². The number of benzene rings is 1. The van der Waals surface area contributed by atoms with Crippen molar-refractivity contribution in [1.82, 2.24) is 5.32 Å². The van der Waals surface area contributed by atoms with Gasteiger partial charge in [-0.2, -0.15) is 0 Å². The molecule has 0 spiro atoms. The van der Waals surface area contributed by atoms with Crippen LogP contribution in [-0.2, 0) is 0 Å². The fourth-order valence-corrected chi connectivity index (χ4v) is 3.50. The van der Waals surface area contributed by atoms with Gasteiger partial charge in [-0.1, -0.05) is 12.1 Å². The van der Waals surface area contributed by atoms with Crippen LogP contribution in [-0.4, -0.2) is 30.9 Å². The molecular formula is C17H25NO2. The molecule has 0 amide bonds. The zero-order valence-corrected chi connectivity index (χ0v) is 12.2. The standard InChI is InChI=1S/C17H25NO2/c1-20-17-6-3-13(4-7-17)14-9-15(10-14)18-11-12-2-5-16(19)8-12/h3-4,6-7,12,14-16,18-19H,2,5,8-11H2,1H3. The first-order chi connectivity index (χ1) is 9.74. The molecule has 2 fully saturated rings. The van der Waals surface area contributed by atoms with Crippen LogP contribution in [0.5, 0.6) is 5.75 Å². The predicted molar refractivity (Wildman–Crippen MR) is 80.1 cm³/mol. The van der Waals surface area contributed by atoms with Gasteiger partial charge in [0.05, 0.1) is 13.2 Å². The van der Waals surface area contributed by atoms with E-state index in [1.165, 1.54) is 24.8 Å². The van der Waals surface area contributed by atoms with Crippen molar-refractivity contribution < 1.29 is 9.84 Å². The number of hydrogen-bond acceptors (Lipinski definition) is 3. The Morgan fingerprint density at radius 3 is 2.50 bits per heavy atom. The topological polar surface area (TPSA) is 41.5 Å². The van der Waals surface area contributed by atoms with Crippen molar-refractivity contribution in [3.8, 4) is 5.75 Å². The molecule has 0 bridgehead atoms. The fraction of sp³-hybridized carbons (Fsp3) is 0.647. The van der Waals surface area contributed by atoms with E-state index in [0.29, 0.717) is 17.9 Å². The Labute approximate surface area is 121 Å². The number of ether oxygens (including phenoxy) is 1. The van der Waals surface area contributed by atoms with Crippen LogP contribution in [0, 0.1) is 5.92 Å². The summed E-state index contributed by atoms with van der Waals surface area (Å²) in [5, 5.41) is 13.2. The summed E-state index contributed by atoms with van der Waals surface area (Å²) in [7, 11) is 1.71. The Morgan fingerprint density at radius 2 is 1.90 bits per heavy atom. The highest BCUT2D eigenvalue weighted by atomic mass is 16.5. The summed E-state index contributed by atoms with van der Waals surface area (Å²) in [6.07, 6.45) is 5.59. The molecule has 2 aliphatic rings. The van der Waals surface area contributed by atoms with Crippen LogP contribution in [0.2, 0.25) is 0 Å². The molecule has 0 aromatic heterocycles. The van der Waals surface area contributed by atoms with Gasteiger partial charge in [0.1, 0.15) is 5.75 Å². The van der Waals surface area contributed by atoms with E-state index < -0.39 is 0 Å². The molecule has 3 heteroatoms. The molecule has 110 valence electrons. The van der Waals surface area contributed by atoms with Gasteiger partial charge in [0.2, 0.25) is 0 Å². The highest BCUT2D eigenvalue weighted by Gasteiger charge is 2.31. The van der Waals surface area contributed by atoms with Crippen LogP contribution < -0.4 is 10.1 Å². The van der Waals surface area contributed by atoms with Crippen molar-refractivity contribution >= 4 is 0 Å². The first-order valence-electron chi connectivity index (χ1n) is 7.80. The molecule has 2 saturated carbocycles. The summed E-state index contributed by atoms with van der Waals surface area (Å²) in [6.45, 7) is 1.08. The maximum absolute atomic E-state index is 9.53. The van der Waals surface area contributed by atoms with Crippen molar-refractivity contribution in [2.75, 3.05) is 13.7 Å². The molecule has 2 atom stereocenters. The molecule has 1 aromatic carbocycles. The van der Waals surface area contributed by atoms with E-state index in [0.717, 1.165) is 25.1 Å². The minimum Gasteiger partial charge on any atom is -0.497 e. The quantitative estimate of drug-likeness (QED) is 0.868. The Balaban J connectivity index is 1.39. The number of aliphatic hydroxyl groups is 1. The second kappa shape index (κ2) is 6.15. The van der Waals surface area contributed by atoms with Gasteiger partial charge in [-0.25, -0.2) is 0 Å². The number of hydrogen-bond donors (Lipinski definition) is 2. The lowest BCUT2D eigenvalue weighted by atomic mass is 9.75. The van der Waals surface area contributed by atoms with Crippen molar-refractivity contribution in [3.05, 3.63) is 29.8 Å². The average molecular weight is 275 g/mol. The smallest absolute Gasteiger partial charge is 0.118 e. The summed E-state index contributed by atoms with van der Waals surface area (Å²) in [6, 6.07) is 9.14. The molecule has 2 unspecified atom stereocenters. The van der Waals surface area contributed by atoms with Gasteiger partial charge in [-0.05, 0) is 68.2 Å². The normalized spacial score (nSPS) is 32.9. The van der Waals surface area contributed by atoms with Gasteiger partial charge in [-0.15, -0.1) is 0 Å². The molecule has 0 aliphatic heterocycles. The van der Waals surface area contributed by atoms with Gasteiger partial charge in [0.15, 0.2) is 0 Å². The fourth-order valence-electron chi connectivity index (χ4n) is 3.50. The number of nitrogens with one attached hydrogen (secondary N) is 1. The first-order valence-corrected chi connectivity index (χ1v) is 7.80. The van der Waals surface area contributed by atoms with Crippen molar-refractivity contribution in [2.24, 2.45) is 5.92 Å². The van der Waals surface area contributed by atoms with Crippen molar-refractivity contribution in [1.29, 1.82) is 0 Å². The number of rotatable bonds is 5. The van der Waals surface area contributed by atoms with E-state index in [-0.39, 0.29) is 6.10 Å². The van der Waals surface area contributed by atoms with E-state index >= 15 is 0 Å². The number of methoxy groups -OCH3 is 1. The van der Waals surface area contributed by atoms with Gasteiger partial charge >= 0.3 is 0 Å². The molecule has 1 aromatic rings. The van der Waals surface area contributed by atoms with Crippen LogP contribution in [0.3, 0.4) is 0 Å². The summed E-state index contributed by atoms with van der Waals surface area (Å²) in [5.41, 5.74) is 1.43. The summed E-state index contributed by atoms with van der Waals surface area (Å²) < 4.78 is 5.19. The molecular weight excluding hydrogens is 250 g/mol. The van der Waals surface area contributed by atoms with Crippen molar-refractivity contribution in [3.63, 3.8) is 0 Å². The minimum atomic E-state index is -0.0461. The highest BCUT2D eigenvalue weighted by molar-refractivity contribution is 5.30. The van der Waals surface area contributed by atoms with E-state index in [2.05, 4.69) is 29.6 Å². The second-order valence-electron chi connectivity index (χ2n) is 6.38. The molecule has 2 aliphatic carbocycles. The second-order valence-corrected chi connectivity index (χ2v) is 6.38. The summed E-state index contributed by atoms with van der Waals surface area (Å²) >= 11 is 0. The van der Waals surface area contributed by atoms with E-state index in [1.807, 2.05) is 0 Å². The number of aliphatic hydroxyl groups excluding tert-OH is 1. The Morgan fingerprint density at radius 1 is 1.15 bits per heavy atom. The molecule has 2 N–H and O–H groups in total. The molecule has 0 radical (unpaired) electrons. The highest BCUT2D eigenvalue weighted by Crippen LogP contribution is 2.37. The average Bonchev–Trinajstić information content (AvgIpc) is 2.83. The van der Waals surface area contributed by atoms with E-state index in [4.69, 9.17) is 4.74 Å². The molecule has 3 nitrogen and oxygen atoms in total. The third-order valence-corrected chi connectivity index (χ3v) is 4.93. The largest absolute Gasteiger partial charge is 0.497 e. The zero-order valence-electron chi connectivity index (χ0n) is 12.2. The summed E-state index contributed by atoms with van der Waals surface area (Å²) in [5.74, 6) is 2.32. The van der Waals surface area contributed by atoms with Crippen LogP contribution in [0.1, 0.15) is 43.6 Å². The lowest BCUT2D eigenvalue weighted by Gasteiger charge is -2.37. The van der Waals surface area contributed by atoms with E-state index in [9.17, 15) is 5.11 Å². The molecule has 3 rings (SSSR count). The van der Waals surface area contributed by atoms with Gasteiger partial charge in [0, 0.05) is 6.04 Å².